The molecule has 0 radical (unpaired) electrons. The van der Waals surface area contributed by atoms with E-state index in [-0.39, 0.29) is 6.04 Å². The summed E-state index contributed by atoms with van der Waals surface area (Å²) in [5.41, 5.74) is 2.93. The number of rotatable bonds is 4. The van der Waals surface area contributed by atoms with E-state index in [0.717, 1.165) is 21.3 Å². The highest BCUT2D eigenvalue weighted by molar-refractivity contribution is 7.14. The van der Waals surface area contributed by atoms with Gasteiger partial charge in [-0.25, -0.2) is 4.68 Å². The van der Waals surface area contributed by atoms with Gasteiger partial charge >= 0.3 is 0 Å². The van der Waals surface area contributed by atoms with Gasteiger partial charge in [-0.15, -0.1) is 11.3 Å². The molecule has 0 spiro atoms. The van der Waals surface area contributed by atoms with Crippen molar-refractivity contribution in [3.8, 4) is 5.69 Å². The summed E-state index contributed by atoms with van der Waals surface area (Å²) in [7, 11) is 0. The number of hydrogen-bond donors (Lipinski definition) is 1. The zero-order valence-electron chi connectivity index (χ0n) is 11.3. The van der Waals surface area contributed by atoms with Gasteiger partial charge in [0.1, 0.15) is 5.69 Å². The number of aromatic nitrogens is 2. The van der Waals surface area contributed by atoms with E-state index >= 15 is 0 Å². The van der Waals surface area contributed by atoms with Crippen molar-refractivity contribution >= 4 is 40.2 Å². The fraction of sp³-hybridized carbons (Fsp3) is 0.133. The van der Waals surface area contributed by atoms with Gasteiger partial charge in [-0.05, 0) is 42.1 Å². The lowest BCUT2D eigenvalue weighted by Gasteiger charge is -2.18. The van der Waals surface area contributed by atoms with Crippen molar-refractivity contribution in [2.24, 2.45) is 0 Å². The second kappa shape index (κ2) is 6.10. The van der Waals surface area contributed by atoms with Crippen LogP contribution in [-0.4, -0.2) is 9.78 Å². The Morgan fingerprint density at radius 1 is 1.29 bits per heavy atom. The zero-order chi connectivity index (χ0) is 14.8. The molecule has 0 bridgehead atoms. The normalized spacial score (nSPS) is 12.3. The van der Waals surface area contributed by atoms with Gasteiger partial charge < -0.3 is 5.32 Å². The Labute approximate surface area is 137 Å². The predicted octanol–water partition coefficient (Wildman–Crippen LogP) is 5.41. The highest BCUT2D eigenvalue weighted by Gasteiger charge is 2.13. The van der Waals surface area contributed by atoms with E-state index in [0.29, 0.717) is 5.02 Å². The summed E-state index contributed by atoms with van der Waals surface area (Å²) in [6.07, 6.45) is 3.60. The first kappa shape index (κ1) is 14.4. The summed E-state index contributed by atoms with van der Waals surface area (Å²) < 4.78 is 2.55. The van der Waals surface area contributed by atoms with Crippen molar-refractivity contribution in [1.29, 1.82) is 0 Å². The molecule has 0 aliphatic rings. The summed E-state index contributed by atoms with van der Waals surface area (Å²) in [4.78, 5) is 0. The van der Waals surface area contributed by atoms with Gasteiger partial charge in [-0.1, -0.05) is 29.3 Å². The number of nitrogens with one attached hydrogen (secondary N) is 1. The number of nitrogens with zero attached hydrogens (tertiary/aromatic N) is 2. The Morgan fingerprint density at radius 3 is 2.81 bits per heavy atom. The molecule has 1 aromatic carbocycles. The third-order valence-electron chi connectivity index (χ3n) is 3.18. The molecule has 3 rings (SSSR count). The van der Waals surface area contributed by atoms with Crippen LogP contribution in [0.5, 0.6) is 0 Å². The highest BCUT2D eigenvalue weighted by Crippen LogP contribution is 2.32. The van der Waals surface area contributed by atoms with Crippen LogP contribution in [-0.2, 0) is 0 Å². The molecule has 0 amide bonds. The third kappa shape index (κ3) is 3.07. The van der Waals surface area contributed by atoms with E-state index in [4.69, 9.17) is 23.2 Å². The fourth-order valence-electron chi connectivity index (χ4n) is 2.13. The van der Waals surface area contributed by atoms with Crippen LogP contribution in [0.4, 0.5) is 5.69 Å². The minimum atomic E-state index is 0.126. The summed E-state index contributed by atoms with van der Waals surface area (Å²) in [6, 6.07) is 9.74. The lowest BCUT2D eigenvalue weighted by molar-refractivity contribution is 0.856. The standard InChI is InChI=1S/C15H13Cl2N3S/c1-10(11-8-14(17)21-9-11)19-13-5-2-4-12(16)15(13)20-7-3-6-18-20/h2-10,19H,1H3. The van der Waals surface area contributed by atoms with Crippen molar-refractivity contribution in [2.75, 3.05) is 5.32 Å². The number of benzene rings is 1. The molecule has 0 saturated heterocycles. The van der Waals surface area contributed by atoms with E-state index in [1.165, 1.54) is 11.3 Å². The SMILES string of the molecule is CC(Nc1cccc(Cl)c1-n1cccn1)c1csc(Cl)c1. The number of anilines is 1. The van der Waals surface area contributed by atoms with Crippen LogP contribution in [0.15, 0.2) is 48.1 Å². The van der Waals surface area contributed by atoms with Crippen LogP contribution in [0.25, 0.3) is 5.69 Å². The summed E-state index contributed by atoms with van der Waals surface area (Å²) >= 11 is 13.9. The molecular formula is C15H13Cl2N3S. The number of hydrogen-bond acceptors (Lipinski definition) is 3. The van der Waals surface area contributed by atoms with E-state index in [1.54, 1.807) is 10.9 Å². The Balaban J connectivity index is 1.94. The Hall–Kier alpha value is -1.49. The summed E-state index contributed by atoms with van der Waals surface area (Å²) in [5, 5.41) is 10.4. The molecule has 3 aromatic rings. The van der Waals surface area contributed by atoms with Crippen molar-refractivity contribution in [3.63, 3.8) is 0 Å². The van der Waals surface area contributed by atoms with Crippen LogP contribution in [0.2, 0.25) is 9.36 Å². The molecule has 0 saturated carbocycles. The first-order valence-corrected chi connectivity index (χ1v) is 8.07. The smallest absolute Gasteiger partial charge is 0.106 e. The van der Waals surface area contributed by atoms with Crippen molar-refractivity contribution in [1.82, 2.24) is 9.78 Å². The van der Waals surface area contributed by atoms with Crippen molar-refractivity contribution in [3.05, 3.63) is 63.0 Å². The molecule has 1 atom stereocenters. The largest absolute Gasteiger partial charge is 0.377 e. The van der Waals surface area contributed by atoms with E-state index in [1.807, 2.05) is 36.5 Å². The fourth-order valence-corrected chi connectivity index (χ4v) is 3.38. The number of thiophene rings is 1. The molecule has 0 aliphatic heterocycles. The minimum Gasteiger partial charge on any atom is -0.377 e. The number of para-hydroxylation sites is 1. The van der Waals surface area contributed by atoms with E-state index < -0.39 is 0 Å². The molecule has 21 heavy (non-hydrogen) atoms. The molecule has 108 valence electrons. The van der Waals surface area contributed by atoms with Crippen LogP contribution >= 0.6 is 34.5 Å². The van der Waals surface area contributed by atoms with Gasteiger partial charge in [0.2, 0.25) is 0 Å². The van der Waals surface area contributed by atoms with Gasteiger partial charge in [0.05, 0.1) is 15.0 Å². The van der Waals surface area contributed by atoms with Gasteiger partial charge in [0.25, 0.3) is 0 Å². The maximum absolute atomic E-state index is 6.33. The van der Waals surface area contributed by atoms with Crippen LogP contribution in [0.1, 0.15) is 18.5 Å². The lowest BCUT2D eigenvalue weighted by atomic mass is 10.1. The average Bonchev–Trinajstić information content (AvgIpc) is 3.10. The lowest BCUT2D eigenvalue weighted by Crippen LogP contribution is -2.09. The van der Waals surface area contributed by atoms with Gasteiger partial charge in [0, 0.05) is 18.4 Å². The topological polar surface area (TPSA) is 29.9 Å². The minimum absolute atomic E-state index is 0.126. The molecule has 0 aliphatic carbocycles. The Bertz CT molecular complexity index is 737. The quantitative estimate of drug-likeness (QED) is 0.689. The first-order valence-electron chi connectivity index (χ1n) is 6.44. The van der Waals surface area contributed by atoms with Gasteiger partial charge in [-0.2, -0.15) is 5.10 Å². The maximum atomic E-state index is 6.33. The van der Waals surface area contributed by atoms with Gasteiger partial charge in [0.15, 0.2) is 0 Å². The number of halogens is 2. The van der Waals surface area contributed by atoms with Crippen LogP contribution < -0.4 is 5.32 Å². The average molecular weight is 338 g/mol. The molecule has 6 heteroatoms. The molecule has 0 fully saturated rings. The second-order valence-corrected chi connectivity index (χ2v) is 6.59. The monoisotopic (exact) mass is 337 g/mol. The molecule has 3 nitrogen and oxygen atoms in total. The van der Waals surface area contributed by atoms with Gasteiger partial charge in [-0.3, -0.25) is 0 Å². The van der Waals surface area contributed by atoms with E-state index in [2.05, 4.69) is 22.7 Å². The maximum Gasteiger partial charge on any atom is 0.106 e. The molecule has 2 heterocycles. The predicted molar refractivity (Wildman–Crippen MR) is 89.9 cm³/mol. The second-order valence-electron chi connectivity index (χ2n) is 4.64. The van der Waals surface area contributed by atoms with Crippen molar-refractivity contribution < 1.29 is 0 Å². The summed E-state index contributed by atoms with van der Waals surface area (Å²) in [6.45, 7) is 2.09. The van der Waals surface area contributed by atoms with Crippen molar-refractivity contribution in [2.45, 2.75) is 13.0 Å². The molecular weight excluding hydrogens is 325 g/mol. The zero-order valence-corrected chi connectivity index (χ0v) is 13.6. The Morgan fingerprint density at radius 2 is 2.14 bits per heavy atom. The van der Waals surface area contributed by atoms with Crippen LogP contribution in [0.3, 0.4) is 0 Å². The first-order chi connectivity index (χ1) is 10.1. The van der Waals surface area contributed by atoms with Crippen LogP contribution in [0, 0.1) is 0 Å². The molecule has 1 unspecified atom stereocenters. The molecule has 2 aromatic heterocycles. The van der Waals surface area contributed by atoms with E-state index in [9.17, 15) is 0 Å². The Kier molecular flexibility index (Phi) is 4.19. The third-order valence-corrected chi connectivity index (χ3v) is 4.59. The summed E-state index contributed by atoms with van der Waals surface area (Å²) in [5.74, 6) is 0. The highest BCUT2D eigenvalue weighted by atomic mass is 35.5. The molecule has 1 N–H and O–H groups in total.